The third-order valence-corrected chi connectivity index (χ3v) is 7.67. The highest BCUT2D eigenvalue weighted by atomic mass is 15.1. The zero-order chi connectivity index (χ0) is 28.4. The molecule has 1 aliphatic carbocycles. The molecule has 1 nitrogen and oxygen atoms in total. The Morgan fingerprint density at radius 1 is 0.854 bits per heavy atom. The third-order valence-electron chi connectivity index (χ3n) is 7.67. The van der Waals surface area contributed by atoms with Crippen LogP contribution in [0.5, 0.6) is 0 Å². The smallest absolute Gasteiger partial charge is 0.0464 e. The fourth-order valence-electron chi connectivity index (χ4n) is 5.53. The van der Waals surface area contributed by atoms with Crippen LogP contribution in [0, 0.1) is 0 Å². The maximum absolute atomic E-state index is 3.90. The van der Waals surface area contributed by atoms with Crippen LogP contribution in [0.25, 0.3) is 22.3 Å². The summed E-state index contributed by atoms with van der Waals surface area (Å²) in [6.07, 6.45) is 18.4. The Morgan fingerprint density at radius 2 is 1.61 bits per heavy atom. The first-order valence-corrected chi connectivity index (χ1v) is 14.6. The summed E-state index contributed by atoms with van der Waals surface area (Å²) < 4.78 is 0. The van der Waals surface area contributed by atoms with Crippen molar-refractivity contribution in [3.8, 4) is 22.3 Å². The molecule has 5 rings (SSSR count). The van der Waals surface area contributed by atoms with E-state index in [9.17, 15) is 0 Å². The van der Waals surface area contributed by atoms with Gasteiger partial charge in [-0.1, -0.05) is 121 Å². The van der Waals surface area contributed by atoms with Crippen LogP contribution in [-0.4, -0.2) is 0 Å². The third kappa shape index (κ3) is 6.76. The van der Waals surface area contributed by atoms with E-state index >= 15 is 0 Å². The van der Waals surface area contributed by atoms with Gasteiger partial charge in [-0.15, -0.1) is 6.58 Å². The second-order valence-electron chi connectivity index (χ2n) is 10.5. The van der Waals surface area contributed by atoms with Gasteiger partial charge in [0.2, 0.25) is 0 Å². The molecule has 0 spiro atoms. The minimum atomic E-state index is 0.400. The minimum Gasteiger partial charge on any atom is -0.315 e. The Kier molecular flexibility index (Phi) is 9.29. The number of allylic oxidation sites excluding steroid dienone is 8. The molecule has 1 atom stereocenters. The number of anilines is 1. The molecule has 204 valence electrons. The van der Waals surface area contributed by atoms with Crippen molar-refractivity contribution in [1.29, 1.82) is 0 Å². The largest absolute Gasteiger partial charge is 0.315 e. The predicted octanol–water partition coefficient (Wildman–Crippen LogP) is 11.1. The summed E-state index contributed by atoms with van der Waals surface area (Å²) in [6.45, 7) is 8.16. The maximum Gasteiger partial charge on any atom is 0.0464 e. The summed E-state index contributed by atoms with van der Waals surface area (Å²) in [5.74, 6) is 0.400. The first-order chi connectivity index (χ1) is 20.2. The summed E-state index contributed by atoms with van der Waals surface area (Å²) >= 11 is 0. The summed E-state index contributed by atoms with van der Waals surface area (Å²) in [5.41, 5.74) is 11.2. The summed E-state index contributed by atoms with van der Waals surface area (Å²) in [4.78, 5) is 2.38. The van der Waals surface area contributed by atoms with E-state index in [-0.39, 0.29) is 0 Å². The van der Waals surface area contributed by atoms with Crippen LogP contribution in [0.2, 0.25) is 0 Å². The van der Waals surface area contributed by atoms with Crippen molar-refractivity contribution in [2.75, 3.05) is 4.90 Å². The van der Waals surface area contributed by atoms with Crippen molar-refractivity contribution in [1.82, 2.24) is 0 Å². The van der Waals surface area contributed by atoms with Crippen LogP contribution in [0.4, 0.5) is 5.69 Å². The minimum absolute atomic E-state index is 0.400. The fourth-order valence-corrected chi connectivity index (χ4v) is 5.53. The fraction of sp³-hybridized carbons (Fsp3) is 0.150. The molecule has 1 aliphatic rings. The lowest BCUT2D eigenvalue weighted by Crippen LogP contribution is -2.21. The van der Waals surface area contributed by atoms with Crippen molar-refractivity contribution >= 4 is 5.69 Å². The van der Waals surface area contributed by atoms with Gasteiger partial charge in [-0.25, -0.2) is 0 Å². The van der Waals surface area contributed by atoms with Crippen LogP contribution in [0.15, 0.2) is 164 Å². The highest BCUT2D eigenvalue weighted by Gasteiger charge is 2.19. The zero-order valence-electron chi connectivity index (χ0n) is 24.2. The van der Waals surface area contributed by atoms with Gasteiger partial charge in [0, 0.05) is 23.0 Å². The van der Waals surface area contributed by atoms with Gasteiger partial charge >= 0.3 is 0 Å². The van der Waals surface area contributed by atoms with E-state index in [1.165, 1.54) is 44.8 Å². The second-order valence-corrected chi connectivity index (χ2v) is 10.5. The monoisotopic (exact) mass is 533 g/mol. The van der Waals surface area contributed by atoms with Crippen LogP contribution in [-0.2, 0) is 6.42 Å². The number of hydrogen-bond acceptors (Lipinski definition) is 1. The van der Waals surface area contributed by atoms with Crippen molar-refractivity contribution in [2.24, 2.45) is 0 Å². The van der Waals surface area contributed by atoms with Gasteiger partial charge in [-0.3, -0.25) is 0 Å². The molecule has 0 radical (unpaired) electrons. The molecule has 1 heteroatoms. The second kappa shape index (κ2) is 13.6. The van der Waals surface area contributed by atoms with Gasteiger partial charge in [-0.05, 0) is 90.8 Å². The van der Waals surface area contributed by atoms with Crippen LogP contribution in [0.3, 0.4) is 0 Å². The Hall–Kier alpha value is -4.62. The number of benzene rings is 4. The molecule has 1 unspecified atom stereocenters. The van der Waals surface area contributed by atoms with E-state index < -0.39 is 0 Å². The van der Waals surface area contributed by atoms with E-state index in [0.717, 1.165) is 24.9 Å². The molecule has 0 N–H and O–H groups in total. The van der Waals surface area contributed by atoms with Gasteiger partial charge < -0.3 is 4.90 Å². The van der Waals surface area contributed by atoms with E-state index in [2.05, 4.69) is 165 Å². The van der Waals surface area contributed by atoms with Crippen LogP contribution >= 0.6 is 0 Å². The predicted molar refractivity (Wildman–Crippen MR) is 178 cm³/mol. The Bertz CT molecular complexity index is 1580. The highest BCUT2D eigenvalue weighted by molar-refractivity contribution is 5.87. The summed E-state index contributed by atoms with van der Waals surface area (Å²) in [6, 6.07) is 37.4. The Morgan fingerprint density at radius 3 is 2.32 bits per heavy atom. The molecule has 0 aliphatic heterocycles. The molecular formula is C40H39N. The normalized spacial score (nSPS) is 15.1. The average molecular weight is 534 g/mol. The highest BCUT2D eigenvalue weighted by Crippen LogP contribution is 2.39. The molecule has 0 saturated carbocycles. The molecular weight excluding hydrogens is 494 g/mol. The molecule has 4 aromatic rings. The van der Waals surface area contributed by atoms with Crippen LogP contribution in [0.1, 0.15) is 43.7 Å². The molecule has 0 bridgehead atoms. The number of rotatable bonds is 10. The van der Waals surface area contributed by atoms with Gasteiger partial charge in [0.1, 0.15) is 0 Å². The van der Waals surface area contributed by atoms with Crippen molar-refractivity contribution < 1.29 is 0 Å². The first kappa shape index (κ1) is 27.9. The zero-order valence-corrected chi connectivity index (χ0v) is 24.2. The molecule has 0 aromatic heterocycles. The van der Waals surface area contributed by atoms with Gasteiger partial charge in [0.25, 0.3) is 0 Å². The molecule has 0 amide bonds. The lowest BCUT2D eigenvalue weighted by atomic mass is 9.90. The maximum atomic E-state index is 3.90. The standard InChI is InChI=1S/C40H39N/c1-4-6-15-31(3)41(37-25-23-34(24-26-37)33-18-10-8-11-19-33)38-27-28-39(40(30-38)35-20-12-9-13-21-35)36-22-14-17-32(29-36)16-7-5-2/h4-6,8-15,17-23,25-30,34H,2,7,16,24H2,1,3H3/b6-4-,31-15+. The molecule has 0 heterocycles. The quantitative estimate of drug-likeness (QED) is 0.145. The lowest BCUT2D eigenvalue weighted by molar-refractivity contribution is 0.836. The van der Waals surface area contributed by atoms with Gasteiger partial charge in [0.15, 0.2) is 0 Å². The molecule has 0 fully saturated rings. The van der Waals surface area contributed by atoms with Crippen molar-refractivity contribution in [2.45, 2.75) is 39.0 Å². The van der Waals surface area contributed by atoms with E-state index in [1.54, 1.807) is 0 Å². The van der Waals surface area contributed by atoms with Gasteiger partial charge in [-0.2, -0.15) is 0 Å². The SMILES string of the molecule is C=CCCc1cccc(-c2ccc(N(C3=CCC(c4ccccc4)C=C3)/C(C)=C/C=C\C)cc2-c2ccccc2)c1. The topological polar surface area (TPSA) is 3.24 Å². The van der Waals surface area contributed by atoms with E-state index in [1.807, 2.05) is 6.08 Å². The number of hydrogen-bond donors (Lipinski definition) is 0. The molecule has 0 saturated heterocycles. The van der Waals surface area contributed by atoms with Crippen molar-refractivity contribution in [3.63, 3.8) is 0 Å². The van der Waals surface area contributed by atoms with Crippen LogP contribution < -0.4 is 4.90 Å². The number of aryl methyl sites for hydroxylation is 1. The first-order valence-electron chi connectivity index (χ1n) is 14.6. The Labute approximate surface area is 246 Å². The average Bonchev–Trinajstić information content (AvgIpc) is 3.04. The Balaban J connectivity index is 1.58. The lowest BCUT2D eigenvalue weighted by Gasteiger charge is -2.30. The van der Waals surface area contributed by atoms with Gasteiger partial charge in [0.05, 0.1) is 0 Å². The molecule has 41 heavy (non-hydrogen) atoms. The number of nitrogens with zero attached hydrogens (tertiary/aromatic N) is 1. The van der Waals surface area contributed by atoms with E-state index in [0.29, 0.717) is 5.92 Å². The molecule has 4 aromatic carbocycles. The van der Waals surface area contributed by atoms with E-state index in [4.69, 9.17) is 0 Å². The summed E-state index contributed by atoms with van der Waals surface area (Å²) in [7, 11) is 0. The van der Waals surface area contributed by atoms with Crippen molar-refractivity contribution in [3.05, 3.63) is 175 Å². The summed E-state index contributed by atoms with van der Waals surface area (Å²) in [5, 5.41) is 0.